The lowest BCUT2D eigenvalue weighted by Crippen LogP contribution is -2.30. The van der Waals surface area contributed by atoms with Gasteiger partial charge >= 0.3 is 0 Å². The molecule has 2 atom stereocenters. The summed E-state index contributed by atoms with van der Waals surface area (Å²) in [6, 6.07) is 5.51. The number of hydrogen-bond donors (Lipinski definition) is 1. The summed E-state index contributed by atoms with van der Waals surface area (Å²) in [5.74, 6) is 0.940. The number of aliphatic hydroxyl groups excluding tert-OH is 1. The van der Waals surface area contributed by atoms with E-state index >= 15 is 0 Å². The van der Waals surface area contributed by atoms with Crippen LogP contribution in [0.25, 0.3) is 0 Å². The van der Waals surface area contributed by atoms with Gasteiger partial charge in [0.2, 0.25) is 0 Å². The number of aliphatic hydroxyl groups is 1. The number of ether oxygens (including phenoxy) is 1. The number of nitrogens with zero attached hydrogens (tertiary/aromatic N) is 1. The van der Waals surface area contributed by atoms with E-state index in [0.717, 1.165) is 17.7 Å². The molecule has 0 aromatic heterocycles. The van der Waals surface area contributed by atoms with Crippen LogP contribution >= 0.6 is 0 Å². The molecule has 104 valence electrons. The lowest BCUT2D eigenvalue weighted by Gasteiger charge is -2.18. The van der Waals surface area contributed by atoms with Gasteiger partial charge in [0, 0.05) is 24.6 Å². The molecular weight excluding hydrogens is 242 g/mol. The highest BCUT2D eigenvalue weighted by molar-refractivity contribution is 5.95. The molecule has 1 aromatic rings. The predicted octanol–water partition coefficient (Wildman–Crippen LogP) is 1.85. The third-order valence-electron chi connectivity index (χ3n) is 3.85. The first-order valence-electron chi connectivity index (χ1n) is 6.65. The monoisotopic (exact) mass is 263 g/mol. The highest BCUT2D eigenvalue weighted by Crippen LogP contribution is 2.24. The number of methoxy groups -OCH3 is 1. The van der Waals surface area contributed by atoms with Gasteiger partial charge in [0.15, 0.2) is 0 Å². The van der Waals surface area contributed by atoms with Crippen LogP contribution in [0.2, 0.25) is 0 Å². The summed E-state index contributed by atoms with van der Waals surface area (Å²) in [7, 11) is 1.61. The van der Waals surface area contributed by atoms with Crippen molar-refractivity contribution in [2.45, 2.75) is 26.4 Å². The van der Waals surface area contributed by atoms with Crippen molar-refractivity contribution < 1.29 is 14.6 Å². The molecule has 19 heavy (non-hydrogen) atoms. The van der Waals surface area contributed by atoms with E-state index in [1.54, 1.807) is 20.1 Å². The molecule has 0 saturated carbocycles. The van der Waals surface area contributed by atoms with Gasteiger partial charge in [0.1, 0.15) is 5.75 Å². The minimum Gasteiger partial charge on any atom is -0.496 e. The zero-order valence-electron chi connectivity index (χ0n) is 11.7. The molecule has 4 nitrogen and oxygen atoms in total. The Balaban J connectivity index is 2.12. The Bertz CT molecular complexity index is 470. The van der Waals surface area contributed by atoms with Crippen LogP contribution in [0, 0.1) is 12.8 Å². The van der Waals surface area contributed by atoms with Gasteiger partial charge in [-0.25, -0.2) is 0 Å². The van der Waals surface area contributed by atoms with E-state index in [1.807, 2.05) is 24.0 Å². The van der Waals surface area contributed by atoms with Crippen molar-refractivity contribution in [2.24, 2.45) is 5.92 Å². The minimum atomic E-state index is -0.356. The Hall–Kier alpha value is -1.55. The number of rotatable bonds is 3. The molecule has 1 saturated heterocycles. The lowest BCUT2D eigenvalue weighted by atomic mass is 10.0. The van der Waals surface area contributed by atoms with Crippen molar-refractivity contribution in [1.29, 1.82) is 0 Å². The molecule has 2 unspecified atom stereocenters. The summed E-state index contributed by atoms with van der Waals surface area (Å²) in [4.78, 5) is 14.2. The number of likely N-dealkylation sites (tertiary alicyclic amines) is 1. The summed E-state index contributed by atoms with van der Waals surface area (Å²) in [6.07, 6.45) is 0.511. The number of amides is 1. The minimum absolute atomic E-state index is 0.0152. The van der Waals surface area contributed by atoms with Gasteiger partial charge in [0.25, 0.3) is 5.91 Å². The number of carbonyl (C=O) groups excluding carboxylic acids is 1. The molecule has 4 heteroatoms. The quantitative estimate of drug-likeness (QED) is 0.905. The first kappa shape index (κ1) is 13.9. The Kier molecular flexibility index (Phi) is 4.10. The molecule has 1 amide bonds. The highest BCUT2D eigenvalue weighted by Gasteiger charge is 2.29. The molecule has 0 bridgehead atoms. The zero-order chi connectivity index (χ0) is 14.0. The second-order valence-corrected chi connectivity index (χ2v) is 5.22. The summed E-state index contributed by atoms with van der Waals surface area (Å²) in [6.45, 7) is 5.08. The number of carbonyl (C=O) groups is 1. The molecule has 0 spiro atoms. The van der Waals surface area contributed by atoms with Gasteiger partial charge in [-0.1, -0.05) is 6.07 Å². The topological polar surface area (TPSA) is 49.8 Å². The molecule has 1 aromatic carbocycles. The van der Waals surface area contributed by atoms with Crippen molar-refractivity contribution in [3.8, 4) is 5.75 Å². The van der Waals surface area contributed by atoms with Crippen LogP contribution in [0.1, 0.15) is 29.3 Å². The van der Waals surface area contributed by atoms with E-state index in [9.17, 15) is 9.90 Å². The largest absolute Gasteiger partial charge is 0.496 e. The molecule has 1 heterocycles. The molecule has 1 N–H and O–H groups in total. The van der Waals surface area contributed by atoms with E-state index in [2.05, 4.69) is 0 Å². The molecule has 1 aliphatic rings. The van der Waals surface area contributed by atoms with Crippen LogP contribution in [-0.2, 0) is 0 Å². The average Bonchev–Trinajstić information content (AvgIpc) is 2.88. The molecule has 1 fully saturated rings. The predicted molar refractivity (Wildman–Crippen MR) is 73.4 cm³/mol. The maximum absolute atomic E-state index is 12.4. The second kappa shape index (κ2) is 5.61. The van der Waals surface area contributed by atoms with Gasteiger partial charge < -0.3 is 14.7 Å². The normalized spacial score (nSPS) is 20.4. The Morgan fingerprint density at radius 1 is 1.53 bits per heavy atom. The fourth-order valence-corrected chi connectivity index (χ4v) is 2.50. The Morgan fingerprint density at radius 3 is 2.84 bits per heavy atom. The van der Waals surface area contributed by atoms with Crippen molar-refractivity contribution >= 4 is 5.91 Å². The highest BCUT2D eigenvalue weighted by atomic mass is 16.5. The van der Waals surface area contributed by atoms with Gasteiger partial charge in [-0.3, -0.25) is 4.79 Å². The first-order valence-corrected chi connectivity index (χ1v) is 6.65. The lowest BCUT2D eigenvalue weighted by molar-refractivity contribution is 0.0762. The summed E-state index contributed by atoms with van der Waals surface area (Å²) in [5, 5.41) is 9.58. The average molecular weight is 263 g/mol. The number of aryl methyl sites for hydroxylation is 1. The van der Waals surface area contributed by atoms with Gasteiger partial charge in [-0.15, -0.1) is 0 Å². The van der Waals surface area contributed by atoms with Gasteiger partial charge in [-0.2, -0.15) is 0 Å². The third-order valence-corrected chi connectivity index (χ3v) is 3.85. The van der Waals surface area contributed by atoms with Crippen LogP contribution < -0.4 is 4.74 Å². The van der Waals surface area contributed by atoms with Crippen LogP contribution in [-0.4, -0.2) is 42.2 Å². The summed E-state index contributed by atoms with van der Waals surface area (Å²) >= 11 is 0. The molecular formula is C15H21NO3. The van der Waals surface area contributed by atoms with E-state index < -0.39 is 0 Å². The van der Waals surface area contributed by atoms with E-state index in [-0.39, 0.29) is 17.9 Å². The summed E-state index contributed by atoms with van der Waals surface area (Å²) < 4.78 is 5.25. The summed E-state index contributed by atoms with van der Waals surface area (Å²) in [5.41, 5.74) is 1.66. The fraction of sp³-hybridized carbons (Fsp3) is 0.533. The Labute approximate surface area is 114 Å². The van der Waals surface area contributed by atoms with Crippen molar-refractivity contribution in [1.82, 2.24) is 4.90 Å². The van der Waals surface area contributed by atoms with Gasteiger partial charge in [0.05, 0.1) is 13.2 Å². The second-order valence-electron chi connectivity index (χ2n) is 5.22. The van der Waals surface area contributed by atoms with Crippen LogP contribution in [0.4, 0.5) is 0 Å². The van der Waals surface area contributed by atoms with Crippen LogP contribution in [0.3, 0.4) is 0 Å². The molecule has 0 aliphatic carbocycles. The van der Waals surface area contributed by atoms with Crippen LogP contribution in [0.5, 0.6) is 5.75 Å². The first-order chi connectivity index (χ1) is 9.02. The number of hydrogen-bond acceptors (Lipinski definition) is 3. The van der Waals surface area contributed by atoms with Crippen molar-refractivity contribution in [3.63, 3.8) is 0 Å². The third kappa shape index (κ3) is 2.89. The number of benzene rings is 1. The smallest absolute Gasteiger partial charge is 0.253 e. The molecule has 0 radical (unpaired) electrons. The van der Waals surface area contributed by atoms with Crippen molar-refractivity contribution in [3.05, 3.63) is 29.3 Å². The SMILES string of the molecule is COc1cc(C(=O)N2CCC(C(C)O)C2)ccc1C. The van der Waals surface area contributed by atoms with Crippen LogP contribution in [0.15, 0.2) is 18.2 Å². The van der Waals surface area contributed by atoms with E-state index in [1.165, 1.54) is 0 Å². The fourth-order valence-electron chi connectivity index (χ4n) is 2.50. The van der Waals surface area contributed by atoms with E-state index in [0.29, 0.717) is 18.7 Å². The molecule has 2 rings (SSSR count). The Morgan fingerprint density at radius 2 is 2.26 bits per heavy atom. The zero-order valence-corrected chi connectivity index (χ0v) is 11.7. The van der Waals surface area contributed by atoms with E-state index in [4.69, 9.17) is 4.74 Å². The molecule has 1 aliphatic heterocycles. The standard InChI is InChI=1S/C15H21NO3/c1-10-4-5-12(8-14(10)19-3)15(18)16-7-6-13(9-16)11(2)17/h4-5,8,11,13,17H,6-7,9H2,1-3H3. The van der Waals surface area contributed by atoms with Crippen molar-refractivity contribution in [2.75, 3.05) is 20.2 Å². The maximum Gasteiger partial charge on any atom is 0.253 e. The maximum atomic E-state index is 12.4. The van der Waals surface area contributed by atoms with Gasteiger partial charge in [-0.05, 0) is 38.0 Å².